The van der Waals surface area contributed by atoms with E-state index in [0.29, 0.717) is 11.9 Å². The number of rotatable bonds is 4. The number of nitrogens with one attached hydrogen (secondary N) is 1. The lowest BCUT2D eigenvalue weighted by Crippen LogP contribution is -2.53. The van der Waals surface area contributed by atoms with Crippen molar-refractivity contribution in [2.45, 2.75) is 32.9 Å². The molecule has 8 nitrogen and oxygen atoms in total. The fourth-order valence-electron chi connectivity index (χ4n) is 3.24. The van der Waals surface area contributed by atoms with Crippen LogP contribution < -0.4 is 20.0 Å². The molecule has 1 N–H and O–H groups in total. The minimum Gasteiger partial charge on any atom is -0.356 e. The second kappa shape index (κ2) is 6.78. The van der Waals surface area contributed by atoms with E-state index in [2.05, 4.69) is 39.0 Å². The molecule has 1 atom stereocenters. The summed E-state index contributed by atoms with van der Waals surface area (Å²) in [5.74, 6) is 1.16. The molecule has 1 amide bonds. The molecular weight excluding hydrogens is 330 g/mol. The van der Waals surface area contributed by atoms with Gasteiger partial charge in [0.05, 0.1) is 11.4 Å². The number of hydrogen-bond donors (Lipinski definition) is 1. The van der Waals surface area contributed by atoms with Crippen molar-refractivity contribution in [1.29, 1.82) is 0 Å². The Hall–Kier alpha value is -2.90. The van der Waals surface area contributed by atoms with Gasteiger partial charge in [0.15, 0.2) is 0 Å². The fraction of sp³-hybridized carbons (Fsp3) is 0.444. The van der Waals surface area contributed by atoms with E-state index in [1.165, 1.54) is 6.33 Å². The Kier molecular flexibility index (Phi) is 4.67. The third-order valence-electron chi connectivity index (χ3n) is 4.49. The van der Waals surface area contributed by atoms with Crippen LogP contribution in [0.5, 0.6) is 0 Å². The highest BCUT2D eigenvalue weighted by Crippen LogP contribution is 2.38. The lowest BCUT2D eigenvalue weighted by Gasteiger charge is -2.42. The first kappa shape index (κ1) is 17.9. The number of hydrogen-bond acceptors (Lipinski definition) is 7. The first-order valence-electron chi connectivity index (χ1n) is 8.63. The molecule has 0 aliphatic carbocycles. The highest BCUT2D eigenvalue weighted by atomic mass is 16.2. The molecule has 3 rings (SSSR count). The lowest BCUT2D eigenvalue weighted by atomic mass is 10.0. The monoisotopic (exact) mass is 355 g/mol. The van der Waals surface area contributed by atoms with Crippen molar-refractivity contribution >= 4 is 34.9 Å². The zero-order valence-electron chi connectivity index (χ0n) is 16.1. The number of anilines is 5. The Balaban J connectivity index is 1.97. The summed E-state index contributed by atoms with van der Waals surface area (Å²) in [7, 11) is 5.58. The molecule has 1 aromatic heterocycles. The van der Waals surface area contributed by atoms with Crippen LogP contribution in [0.15, 0.2) is 24.5 Å². The van der Waals surface area contributed by atoms with Crippen molar-refractivity contribution in [3.63, 3.8) is 0 Å². The molecule has 0 unspecified atom stereocenters. The molecule has 1 aliphatic heterocycles. The number of carbonyl (C=O) groups is 1. The minimum atomic E-state index is -0.208. The lowest BCUT2D eigenvalue weighted by molar-refractivity contribution is -0.119. The predicted octanol–water partition coefficient (Wildman–Crippen LogP) is 2.26. The normalized spacial score (nSPS) is 16.7. The number of benzene rings is 1. The van der Waals surface area contributed by atoms with Crippen LogP contribution >= 0.6 is 0 Å². The zero-order chi connectivity index (χ0) is 19.0. The molecular formula is C18H25N7O. The molecule has 0 fully saturated rings. The van der Waals surface area contributed by atoms with Crippen LogP contribution in [0.25, 0.3) is 0 Å². The Labute approximate surface area is 153 Å². The molecule has 0 saturated carbocycles. The van der Waals surface area contributed by atoms with E-state index in [9.17, 15) is 4.79 Å². The van der Waals surface area contributed by atoms with E-state index >= 15 is 0 Å². The summed E-state index contributed by atoms with van der Waals surface area (Å²) >= 11 is 0. The summed E-state index contributed by atoms with van der Waals surface area (Å²) in [4.78, 5) is 30.9. The SMILES string of the molecule is CC(C)N1c2cc(Nc3ncnc(N(C)C)n3)ccc2N(C)C(=O)[C@H]1C. The summed E-state index contributed by atoms with van der Waals surface area (Å²) in [6.45, 7) is 6.12. The molecule has 0 bridgehead atoms. The van der Waals surface area contributed by atoms with Crippen LogP contribution in [0.1, 0.15) is 20.8 Å². The highest BCUT2D eigenvalue weighted by Gasteiger charge is 2.34. The average molecular weight is 355 g/mol. The van der Waals surface area contributed by atoms with Crippen molar-refractivity contribution in [3.8, 4) is 0 Å². The van der Waals surface area contributed by atoms with E-state index in [1.54, 1.807) is 4.90 Å². The highest BCUT2D eigenvalue weighted by molar-refractivity contribution is 6.05. The standard InChI is InChI=1S/C18H25N7O/c1-11(2)25-12(3)16(26)24(6)14-8-7-13(9-15(14)25)21-17-19-10-20-18(22-17)23(4)5/h7-12H,1-6H3,(H,19,20,21,22)/t12-/m1/s1. The molecule has 8 heteroatoms. The quantitative estimate of drug-likeness (QED) is 0.901. The zero-order valence-corrected chi connectivity index (χ0v) is 16.1. The Bertz CT molecular complexity index is 821. The van der Waals surface area contributed by atoms with Gasteiger partial charge in [-0.25, -0.2) is 9.97 Å². The van der Waals surface area contributed by atoms with Gasteiger partial charge in [0.25, 0.3) is 0 Å². The van der Waals surface area contributed by atoms with Gasteiger partial charge < -0.3 is 20.0 Å². The van der Waals surface area contributed by atoms with E-state index in [-0.39, 0.29) is 18.0 Å². The van der Waals surface area contributed by atoms with E-state index < -0.39 is 0 Å². The molecule has 2 heterocycles. The maximum Gasteiger partial charge on any atom is 0.249 e. The number of likely N-dealkylation sites (N-methyl/N-ethyl adjacent to an activating group) is 1. The summed E-state index contributed by atoms with van der Waals surface area (Å²) in [5.41, 5.74) is 2.78. The summed E-state index contributed by atoms with van der Waals surface area (Å²) in [6, 6.07) is 5.91. The number of nitrogens with zero attached hydrogens (tertiary/aromatic N) is 6. The number of carbonyl (C=O) groups excluding carboxylic acids is 1. The van der Waals surface area contributed by atoms with Crippen molar-refractivity contribution in [3.05, 3.63) is 24.5 Å². The smallest absolute Gasteiger partial charge is 0.249 e. The van der Waals surface area contributed by atoms with E-state index in [1.807, 2.05) is 51.2 Å². The largest absolute Gasteiger partial charge is 0.356 e. The number of aromatic nitrogens is 3. The van der Waals surface area contributed by atoms with Gasteiger partial charge in [0.1, 0.15) is 12.4 Å². The van der Waals surface area contributed by atoms with Crippen LogP contribution in [0, 0.1) is 0 Å². The molecule has 138 valence electrons. The van der Waals surface area contributed by atoms with Crippen molar-refractivity contribution in [2.75, 3.05) is 41.2 Å². The second-order valence-corrected chi connectivity index (χ2v) is 6.91. The van der Waals surface area contributed by atoms with Gasteiger partial charge in [0, 0.05) is 32.9 Å². The Morgan fingerprint density at radius 3 is 2.58 bits per heavy atom. The first-order chi connectivity index (χ1) is 12.3. The third-order valence-corrected chi connectivity index (χ3v) is 4.49. The Morgan fingerprint density at radius 1 is 1.19 bits per heavy atom. The van der Waals surface area contributed by atoms with Gasteiger partial charge in [-0.2, -0.15) is 4.98 Å². The maximum absolute atomic E-state index is 12.5. The summed E-state index contributed by atoms with van der Waals surface area (Å²) in [5, 5.41) is 3.23. The van der Waals surface area contributed by atoms with Crippen LogP contribution in [-0.2, 0) is 4.79 Å². The predicted molar refractivity (Wildman–Crippen MR) is 104 cm³/mol. The minimum absolute atomic E-state index is 0.0972. The van der Waals surface area contributed by atoms with Gasteiger partial charge in [0.2, 0.25) is 17.8 Å². The van der Waals surface area contributed by atoms with Gasteiger partial charge in [-0.1, -0.05) is 0 Å². The second-order valence-electron chi connectivity index (χ2n) is 6.91. The number of amides is 1. The van der Waals surface area contributed by atoms with Crippen LogP contribution in [0.4, 0.5) is 29.0 Å². The van der Waals surface area contributed by atoms with Gasteiger partial charge >= 0.3 is 0 Å². The molecule has 26 heavy (non-hydrogen) atoms. The maximum atomic E-state index is 12.5. The average Bonchev–Trinajstić information content (AvgIpc) is 2.60. The van der Waals surface area contributed by atoms with Gasteiger partial charge in [-0.15, -0.1) is 0 Å². The van der Waals surface area contributed by atoms with Crippen LogP contribution in [0.3, 0.4) is 0 Å². The molecule has 0 spiro atoms. The van der Waals surface area contributed by atoms with Crippen LogP contribution in [-0.4, -0.2) is 54.1 Å². The van der Waals surface area contributed by atoms with Crippen LogP contribution in [0.2, 0.25) is 0 Å². The van der Waals surface area contributed by atoms with E-state index in [0.717, 1.165) is 17.1 Å². The summed E-state index contributed by atoms with van der Waals surface area (Å²) in [6.07, 6.45) is 1.48. The number of fused-ring (bicyclic) bond motifs is 1. The van der Waals surface area contributed by atoms with E-state index in [4.69, 9.17) is 0 Å². The van der Waals surface area contributed by atoms with Gasteiger partial charge in [-0.05, 0) is 39.0 Å². The fourth-order valence-corrected chi connectivity index (χ4v) is 3.24. The van der Waals surface area contributed by atoms with Crippen molar-refractivity contribution in [1.82, 2.24) is 15.0 Å². The molecule has 1 aliphatic rings. The van der Waals surface area contributed by atoms with Crippen molar-refractivity contribution in [2.24, 2.45) is 0 Å². The third kappa shape index (κ3) is 3.14. The topological polar surface area (TPSA) is 77.5 Å². The Morgan fingerprint density at radius 2 is 1.92 bits per heavy atom. The van der Waals surface area contributed by atoms with Gasteiger partial charge in [-0.3, -0.25) is 4.79 Å². The molecule has 2 aromatic rings. The molecule has 0 saturated heterocycles. The molecule has 0 radical (unpaired) electrons. The van der Waals surface area contributed by atoms with Crippen molar-refractivity contribution < 1.29 is 4.79 Å². The molecule has 1 aromatic carbocycles. The summed E-state index contributed by atoms with van der Waals surface area (Å²) < 4.78 is 0. The first-order valence-corrected chi connectivity index (χ1v) is 8.63.